The Morgan fingerprint density at radius 1 is 1.00 bits per heavy atom. The van der Waals surface area contributed by atoms with Crippen molar-refractivity contribution in [1.82, 2.24) is 35.0 Å². The zero-order chi connectivity index (χ0) is 32.3. The van der Waals surface area contributed by atoms with Crippen molar-refractivity contribution in [3.8, 4) is 17.3 Å². The molecule has 4 aliphatic rings. The molecule has 11 nitrogen and oxygen atoms in total. The van der Waals surface area contributed by atoms with E-state index < -0.39 is 23.9 Å². The topological polar surface area (TPSA) is 129 Å². The number of benzene rings is 1. The largest absolute Gasteiger partial charge is 0.447 e. The summed E-state index contributed by atoms with van der Waals surface area (Å²) in [5.41, 5.74) is 0.369. The van der Waals surface area contributed by atoms with Gasteiger partial charge in [0.2, 0.25) is 5.89 Å². The number of H-pyrrole nitrogens is 1. The van der Waals surface area contributed by atoms with Gasteiger partial charge in [0, 0.05) is 61.1 Å². The van der Waals surface area contributed by atoms with Gasteiger partial charge in [0.1, 0.15) is 35.1 Å². The van der Waals surface area contributed by atoms with Crippen LogP contribution < -0.4 is 9.64 Å². The molecule has 0 amide bonds. The Balaban J connectivity index is 1.31. The molecule has 1 aromatic carbocycles. The molecule has 0 aliphatic carbocycles. The van der Waals surface area contributed by atoms with Crippen molar-refractivity contribution in [3.63, 3.8) is 0 Å². The van der Waals surface area contributed by atoms with Crippen LogP contribution in [0.1, 0.15) is 55.7 Å². The number of piperidine rings is 1. The lowest BCUT2D eigenvalue weighted by Gasteiger charge is -2.34. The van der Waals surface area contributed by atoms with E-state index in [-0.39, 0.29) is 42.7 Å². The van der Waals surface area contributed by atoms with Crippen LogP contribution in [-0.2, 0) is 18.4 Å². The number of nitrogens with one attached hydrogen (secondary N) is 1. The molecule has 0 unspecified atom stereocenters. The number of aliphatic hydroxyl groups is 1. The van der Waals surface area contributed by atoms with Gasteiger partial charge in [0.05, 0.1) is 29.8 Å². The number of hydrogen-bond donors (Lipinski definition) is 2. The minimum atomic E-state index is -2.82. The highest BCUT2D eigenvalue weighted by atomic mass is 35.5. The second-order valence-electron chi connectivity index (χ2n) is 12.7. The van der Waals surface area contributed by atoms with Crippen LogP contribution in [0, 0.1) is 5.82 Å². The first-order chi connectivity index (χ1) is 22.7. The van der Waals surface area contributed by atoms with Crippen molar-refractivity contribution in [2.75, 3.05) is 37.8 Å². The number of ether oxygens (including phenoxy) is 1. The number of aryl methyl sites for hydroxylation is 1. The van der Waals surface area contributed by atoms with Crippen molar-refractivity contribution >= 4 is 39.2 Å². The molecule has 0 radical (unpaired) electrons. The number of likely N-dealkylation sites (tertiary alicyclic amines) is 1. The zero-order valence-electron chi connectivity index (χ0n) is 25.4. The van der Waals surface area contributed by atoms with Crippen molar-refractivity contribution in [2.24, 2.45) is 0 Å². The third kappa shape index (κ3) is 5.55. The highest BCUT2D eigenvalue weighted by Crippen LogP contribution is 2.41. The van der Waals surface area contributed by atoms with E-state index >= 15 is 4.39 Å². The maximum absolute atomic E-state index is 17.0. The summed E-state index contributed by atoms with van der Waals surface area (Å²) in [5.74, 6) is -2.33. The number of aromatic nitrogens is 6. The van der Waals surface area contributed by atoms with Crippen LogP contribution in [0.4, 0.5) is 19.0 Å². The lowest BCUT2D eigenvalue weighted by atomic mass is 9.90. The summed E-state index contributed by atoms with van der Waals surface area (Å²) < 4.78 is 57.3. The lowest BCUT2D eigenvalue weighted by Crippen LogP contribution is -2.44. The Morgan fingerprint density at radius 2 is 1.89 bits per heavy atom. The van der Waals surface area contributed by atoms with Gasteiger partial charge in [-0.05, 0) is 43.7 Å². The van der Waals surface area contributed by atoms with Gasteiger partial charge < -0.3 is 19.2 Å². The summed E-state index contributed by atoms with van der Waals surface area (Å²) >= 11 is 6.82. The van der Waals surface area contributed by atoms with E-state index in [0.29, 0.717) is 102 Å². The van der Waals surface area contributed by atoms with Crippen molar-refractivity contribution in [2.45, 2.75) is 62.9 Å². The molecule has 15 heteroatoms. The molecule has 47 heavy (non-hydrogen) atoms. The second-order valence-corrected chi connectivity index (χ2v) is 13.1. The van der Waals surface area contributed by atoms with Gasteiger partial charge in [0.25, 0.3) is 5.92 Å². The Bertz CT molecular complexity index is 1990. The molecule has 8 bridgehead atoms. The zero-order valence-corrected chi connectivity index (χ0v) is 26.2. The number of rotatable bonds is 3. The summed E-state index contributed by atoms with van der Waals surface area (Å²) in [6, 6.07) is 1.60. The highest BCUT2D eigenvalue weighted by Gasteiger charge is 2.38. The van der Waals surface area contributed by atoms with E-state index in [4.69, 9.17) is 20.8 Å². The number of pyridine rings is 1. The third-order valence-corrected chi connectivity index (χ3v) is 9.80. The first-order valence-electron chi connectivity index (χ1n) is 15.8. The van der Waals surface area contributed by atoms with E-state index in [2.05, 4.69) is 30.1 Å². The molecule has 0 saturated carbocycles. The van der Waals surface area contributed by atoms with Crippen molar-refractivity contribution in [1.29, 1.82) is 0 Å². The molecule has 9 rings (SSSR count). The number of nitrogens with zero attached hydrogens (tertiary/aromatic N) is 7. The molecule has 2 N–H and O–H groups in total. The number of oxazole rings is 1. The van der Waals surface area contributed by atoms with E-state index in [0.717, 1.165) is 0 Å². The van der Waals surface area contributed by atoms with Crippen molar-refractivity contribution in [3.05, 3.63) is 52.7 Å². The molecule has 4 aliphatic heterocycles. The van der Waals surface area contributed by atoms with Crippen LogP contribution in [0.25, 0.3) is 33.1 Å². The predicted octanol–water partition coefficient (Wildman–Crippen LogP) is 5.78. The minimum absolute atomic E-state index is 0.0264. The van der Waals surface area contributed by atoms with Gasteiger partial charge in [0.15, 0.2) is 5.82 Å². The van der Waals surface area contributed by atoms with Crippen LogP contribution in [0.15, 0.2) is 29.1 Å². The molecule has 4 aromatic heterocycles. The van der Waals surface area contributed by atoms with Gasteiger partial charge in [-0.15, -0.1) is 0 Å². The monoisotopic (exact) mass is 668 g/mol. The Morgan fingerprint density at radius 3 is 2.77 bits per heavy atom. The SMILES string of the molecule is O[C@@]12CCCCN(CC1)c1nc(OCN3CCCC(F)(F)C3)nc3c(F)c(ncc13)-c1c(c(Cl)cc3[nH]ncc13)CCc1cnc2o1. The average Bonchev–Trinajstić information content (AvgIpc) is 3.71. The summed E-state index contributed by atoms with van der Waals surface area (Å²) in [5, 5.41) is 20.3. The number of hydrogen-bond acceptors (Lipinski definition) is 10. The molecule has 1 atom stereocenters. The smallest absolute Gasteiger partial charge is 0.320 e. The summed E-state index contributed by atoms with van der Waals surface area (Å²) in [6.07, 6.45) is 7.80. The van der Waals surface area contributed by atoms with Gasteiger partial charge in [-0.1, -0.05) is 11.6 Å². The molecule has 2 saturated heterocycles. The lowest BCUT2D eigenvalue weighted by molar-refractivity contribution is -0.0798. The van der Waals surface area contributed by atoms with Crippen LogP contribution in [0.3, 0.4) is 0 Å². The average molecular weight is 669 g/mol. The molecule has 246 valence electrons. The first kappa shape index (κ1) is 30.3. The molecule has 5 aromatic rings. The second kappa shape index (κ2) is 11.6. The number of aromatic amines is 1. The number of alkyl halides is 2. The quantitative estimate of drug-likeness (QED) is 0.244. The highest BCUT2D eigenvalue weighted by molar-refractivity contribution is 6.33. The Hall–Kier alpha value is -4.01. The number of halogens is 4. The summed E-state index contributed by atoms with van der Waals surface area (Å²) in [7, 11) is 0. The van der Waals surface area contributed by atoms with E-state index in [1.807, 2.05) is 4.90 Å². The molecule has 8 heterocycles. The fraction of sp³-hybridized carbons (Fsp3) is 0.469. The van der Waals surface area contributed by atoms with Gasteiger partial charge >= 0.3 is 6.01 Å². The van der Waals surface area contributed by atoms with Crippen LogP contribution >= 0.6 is 11.6 Å². The van der Waals surface area contributed by atoms with Gasteiger partial charge in [-0.2, -0.15) is 15.1 Å². The molecular formula is C32H32ClF3N8O3. The predicted molar refractivity (Wildman–Crippen MR) is 167 cm³/mol. The van der Waals surface area contributed by atoms with Crippen LogP contribution in [0.5, 0.6) is 6.01 Å². The Labute approximate surface area is 272 Å². The number of fused-ring (bicyclic) bond motifs is 3. The Kier molecular flexibility index (Phi) is 7.49. The standard InChI is InChI=1S/C32H32ClF3N8O3/c33-22-12-23-20(15-39-42-23)24-19(22)5-4-18-13-38-29(47-18)31(45)6-1-2-10-44(11-8-31)28-21-14-37-27(24)25(34)26(21)40-30(41-28)46-17-43-9-3-7-32(35,36)16-43/h12-15,45H,1-11,16-17H2,(H,39,42)/t31-/m0/s1. The fourth-order valence-corrected chi connectivity index (χ4v) is 7.31. The minimum Gasteiger partial charge on any atom is -0.447 e. The first-order valence-corrected chi connectivity index (χ1v) is 16.2. The molecule has 2 fully saturated rings. The fourth-order valence-electron chi connectivity index (χ4n) is 7.01. The van der Waals surface area contributed by atoms with E-state index in [9.17, 15) is 13.9 Å². The van der Waals surface area contributed by atoms with E-state index in [1.165, 1.54) is 4.90 Å². The van der Waals surface area contributed by atoms with Crippen LogP contribution in [0.2, 0.25) is 5.02 Å². The molecule has 0 spiro atoms. The number of anilines is 1. The summed E-state index contributed by atoms with van der Waals surface area (Å²) in [6.45, 7) is 0.718. The maximum Gasteiger partial charge on any atom is 0.320 e. The molecular weight excluding hydrogens is 637 g/mol. The van der Waals surface area contributed by atoms with E-state index in [1.54, 1.807) is 24.7 Å². The summed E-state index contributed by atoms with van der Waals surface area (Å²) in [4.78, 5) is 21.7. The third-order valence-electron chi connectivity index (χ3n) is 9.46. The van der Waals surface area contributed by atoms with Crippen LogP contribution in [-0.4, -0.2) is 79.0 Å². The maximum atomic E-state index is 17.0. The van der Waals surface area contributed by atoms with Gasteiger partial charge in [-0.25, -0.2) is 18.2 Å². The normalized spacial score (nSPS) is 21.8. The van der Waals surface area contributed by atoms with Gasteiger partial charge in [-0.3, -0.25) is 15.0 Å². The van der Waals surface area contributed by atoms with Crippen molar-refractivity contribution < 1.29 is 27.4 Å².